The molecule has 16 heavy (non-hydrogen) atoms. The first-order valence-corrected chi connectivity index (χ1v) is 7.23. The van der Waals surface area contributed by atoms with Crippen molar-refractivity contribution in [2.45, 2.75) is 70.4 Å². The smallest absolute Gasteiger partial charge is 0.0576 e. The van der Waals surface area contributed by atoms with Crippen LogP contribution in [0.2, 0.25) is 0 Å². The topological polar surface area (TPSA) is 21.3 Å². The van der Waals surface area contributed by atoms with Crippen LogP contribution in [0.4, 0.5) is 0 Å². The molecule has 1 aliphatic carbocycles. The Balaban J connectivity index is 1.59. The van der Waals surface area contributed by atoms with Gasteiger partial charge >= 0.3 is 0 Å². The van der Waals surface area contributed by atoms with Crippen LogP contribution in [-0.2, 0) is 4.74 Å². The fourth-order valence-electron chi connectivity index (χ4n) is 2.67. The van der Waals surface area contributed by atoms with Gasteiger partial charge in [-0.2, -0.15) is 0 Å². The zero-order chi connectivity index (χ0) is 11.2. The average molecular weight is 225 g/mol. The van der Waals surface area contributed by atoms with Gasteiger partial charge in [0.25, 0.3) is 0 Å². The van der Waals surface area contributed by atoms with Crippen molar-refractivity contribution in [1.82, 2.24) is 5.32 Å². The van der Waals surface area contributed by atoms with Gasteiger partial charge in [0, 0.05) is 12.6 Å². The van der Waals surface area contributed by atoms with Gasteiger partial charge in [0.15, 0.2) is 0 Å². The van der Waals surface area contributed by atoms with Crippen molar-refractivity contribution in [1.29, 1.82) is 0 Å². The van der Waals surface area contributed by atoms with Crippen LogP contribution >= 0.6 is 0 Å². The number of nitrogens with one attached hydrogen (secondary N) is 1. The lowest BCUT2D eigenvalue weighted by Gasteiger charge is -2.18. The molecule has 1 saturated carbocycles. The van der Waals surface area contributed by atoms with Crippen LogP contribution in [0.1, 0.15) is 58.3 Å². The molecule has 1 saturated heterocycles. The SMILES string of the molecule is CCCC(CCC1CCCO1)CNC1CC1. The molecule has 0 aromatic heterocycles. The van der Waals surface area contributed by atoms with Gasteiger partial charge in [-0.1, -0.05) is 13.3 Å². The molecule has 2 atom stereocenters. The fraction of sp³-hybridized carbons (Fsp3) is 1.00. The lowest BCUT2D eigenvalue weighted by atomic mass is 9.95. The number of rotatable bonds is 8. The normalized spacial score (nSPS) is 27.2. The van der Waals surface area contributed by atoms with Crippen molar-refractivity contribution >= 4 is 0 Å². The van der Waals surface area contributed by atoms with Crippen molar-refractivity contribution in [2.75, 3.05) is 13.2 Å². The molecular weight excluding hydrogens is 198 g/mol. The molecule has 2 unspecified atom stereocenters. The Morgan fingerprint density at radius 3 is 2.75 bits per heavy atom. The number of hydrogen-bond acceptors (Lipinski definition) is 2. The van der Waals surface area contributed by atoms with Crippen LogP contribution in [0, 0.1) is 5.92 Å². The Kier molecular flexibility index (Phi) is 5.11. The Bertz CT molecular complexity index is 185. The molecule has 2 rings (SSSR count). The lowest BCUT2D eigenvalue weighted by Crippen LogP contribution is -2.25. The minimum absolute atomic E-state index is 0.584. The maximum atomic E-state index is 5.70. The van der Waals surface area contributed by atoms with E-state index in [-0.39, 0.29) is 0 Å². The average Bonchev–Trinajstić information content (AvgIpc) is 2.97. The van der Waals surface area contributed by atoms with E-state index in [1.807, 2.05) is 0 Å². The third kappa shape index (κ3) is 4.42. The molecule has 0 bridgehead atoms. The van der Waals surface area contributed by atoms with Crippen molar-refractivity contribution < 1.29 is 4.74 Å². The van der Waals surface area contributed by atoms with E-state index < -0.39 is 0 Å². The fourth-order valence-corrected chi connectivity index (χ4v) is 2.67. The summed E-state index contributed by atoms with van der Waals surface area (Å²) in [6, 6.07) is 0.863. The highest BCUT2D eigenvalue weighted by Crippen LogP contribution is 2.23. The van der Waals surface area contributed by atoms with Gasteiger partial charge in [-0.15, -0.1) is 0 Å². The minimum Gasteiger partial charge on any atom is -0.378 e. The molecule has 0 spiro atoms. The van der Waals surface area contributed by atoms with E-state index in [9.17, 15) is 0 Å². The summed E-state index contributed by atoms with van der Waals surface area (Å²) in [6.07, 6.45) is 11.3. The zero-order valence-electron chi connectivity index (χ0n) is 10.7. The summed E-state index contributed by atoms with van der Waals surface area (Å²) in [5.74, 6) is 0.884. The van der Waals surface area contributed by atoms with Gasteiger partial charge in [0.1, 0.15) is 0 Å². The van der Waals surface area contributed by atoms with Crippen LogP contribution in [-0.4, -0.2) is 25.3 Å². The standard InChI is InChI=1S/C14H27NO/c1-2-4-12(11-15-13-7-8-13)6-9-14-5-3-10-16-14/h12-15H,2-11H2,1H3. The van der Waals surface area contributed by atoms with Crippen molar-refractivity contribution in [3.63, 3.8) is 0 Å². The van der Waals surface area contributed by atoms with E-state index in [4.69, 9.17) is 4.74 Å². The van der Waals surface area contributed by atoms with E-state index >= 15 is 0 Å². The zero-order valence-corrected chi connectivity index (χ0v) is 10.7. The minimum atomic E-state index is 0.584. The maximum absolute atomic E-state index is 5.70. The number of hydrogen-bond donors (Lipinski definition) is 1. The summed E-state index contributed by atoms with van der Waals surface area (Å²) in [7, 11) is 0. The van der Waals surface area contributed by atoms with Gasteiger partial charge < -0.3 is 10.1 Å². The Morgan fingerprint density at radius 1 is 1.25 bits per heavy atom. The quantitative estimate of drug-likeness (QED) is 0.685. The second-order valence-corrected chi connectivity index (χ2v) is 5.55. The van der Waals surface area contributed by atoms with Gasteiger partial charge in [-0.25, -0.2) is 0 Å². The summed E-state index contributed by atoms with van der Waals surface area (Å²) >= 11 is 0. The molecule has 2 nitrogen and oxygen atoms in total. The van der Waals surface area contributed by atoms with Crippen molar-refractivity contribution in [2.24, 2.45) is 5.92 Å². The maximum Gasteiger partial charge on any atom is 0.0576 e. The Labute approximate surface area is 100 Å². The first-order chi connectivity index (χ1) is 7.88. The van der Waals surface area contributed by atoms with E-state index in [1.165, 1.54) is 57.9 Å². The molecule has 2 aliphatic rings. The van der Waals surface area contributed by atoms with Crippen LogP contribution in [0.15, 0.2) is 0 Å². The molecular formula is C14H27NO. The summed E-state index contributed by atoms with van der Waals surface area (Å²) in [5.41, 5.74) is 0. The summed E-state index contributed by atoms with van der Waals surface area (Å²) < 4.78 is 5.70. The van der Waals surface area contributed by atoms with E-state index in [1.54, 1.807) is 0 Å². The molecule has 1 N–H and O–H groups in total. The predicted octanol–water partition coefficient (Wildman–Crippen LogP) is 3.11. The highest BCUT2D eigenvalue weighted by atomic mass is 16.5. The summed E-state index contributed by atoms with van der Waals surface area (Å²) in [6.45, 7) is 4.55. The Morgan fingerprint density at radius 2 is 2.12 bits per heavy atom. The molecule has 1 heterocycles. The Hall–Kier alpha value is -0.0800. The van der Waals surface area contributed by atoms with Gasteiger partial charge in [0.2, 0.25) is 0 Å². The largest absolute Gasteiger partial charge is 0.378 e. The third-order valence-corrected chi connectivity index (χ3v) is 3.89. The van der Waals surface area contributed by atoms with Crippen molar-refractivity contribution in [3.8, 4) is 0 Å². The molecule has 0 aromatic rings. The lowest BCUT2D eigenvalue weighted by molar-refractivity contribution is 0.0974. The molecule has 0 amide bonds. The van der Waals surface area contributed by atoms with Crippen LogP contribution in [0.5, 0.6) is 0 Å². The first-order valence-electron chi connectivity index (χ1n) is 7.23. The molecule has 1 aliphatic heterocycles. The van der Waals surface area contributed by atoms with Gasteiger partial charge in [-0.3, -0.25) is 0 Å². The second-order valence-electron chi connectivity index (χ2n) is 5.55. The summed E-state index contributed by atoms with van der Waals surface area (Å²) in [5, 5.41) is 3.68. The molecule has 0 radical (unpaired) electrons. The van der Waals surface area contributed by atoms with Crippen LogP contribution in [0.3, 0.4) is 0 Å². The van der Waals surface area contributed by atoms with E-state index in [0.717, 1.165) is 18.6 Å². The van der Waals surface area contributed by atoms with Crippen LogP contribution in [0.25, 0.3) is 0 Å². The van der Waals surface area contributed by atoms with Gasteiger partial charge in [0.05, 0.1) is 6.10 Å². The molecule has 94 valence electrons. The first kappa shape index (κ1) is 12.4. The van der Waals surface area contributed by atoms with E-state index in [0.29, 0.717) is 6.10 Å². The third-order valence-electron chi connectivity index (χ3n) is 3.89. The molecule has 0 aromatic carbocycles. The summed E-state index contributed by atoms with van der Waals surface area (Å²) in [4.78, 5) is 0. The molecule has 2 fully saturated rings. The van der Waals surface area contributed by atoms with Crippen LogP contribution < -0.4 is 5.32 Å². The molecule has 2 heteroatoms. The van der Waals surface area contributed by atoms with Gasteiger partial charge in [-0.05, 0) is 57.4 Å². The van der Waals surface area contributed by atoms with E-state index in [2.05, 4.69) is 12.2 Å². The predicted molar refractivity (Wildman–Crippen MR) is 67.6 cm³/mol. The highest BCUT2D eigenvalue weighted by molar-refractivity contribution is 4.82. The highest BCUT2D eigenvalue weighted by Gasteiger charge is 2.22. The van der Waals surface area contributed by atoms with Crippen molar-refractivity contribution in [3.05, 3.63) is 0 Å². The number of ether oxygens (including phenoxy) is 1. The monoisotopic (exact) mass is 225 g/mol. The second kappa shape index (κ2) is 6.61.